The summed E-state index contributed by atoms with van der Waals surface area (Å²) in [6, 6.07) is 5.19. The molecule has 0 unspecified atom stereocenters. The highest BCUT2D eigenvalue weighted by Crippen LogP contribution is 2.31. The highest BCUT2D eigenvalue weighted by molar-refractivity contribution is 6.13. The van der Waals surface area contributed by atoms with Crippen LogP contribution >= 0.6 is 0 Å². The van der Waals surface area contributed by atoms with Crippen LogP contribution in [0.25, 0.3) is 5.52 Å². The van der Waals surface area contributed by atoms with Crippen molar-refractivity contribution in [3.8, 4) is 11.5 Å². The number of benzene rings is 1. The van der Waals surface area contributed by atoms with Gasteiger partial charge in [0, 0.05) is 18.0 Å². The summed E-state index contributed by atoms with van der Waals surface area (Å²) < 4.78 is 12.6. The van der Waals surface area contributed by atoms with Crippen molar-refractivity contribution in [3.63, 3.8) is 0 Å². The molecule has 0 spiro atoms. The van der Waals surface area contributed by atoms with Gasteiger partial charge in [0.1, 0.15) is 13.2 Å². The molecule has 6 heteroatoms. The van der Waals surface area contributed by atoms with E-state index in [9.17, 15) is 4.79 Å². The minimum Gasteiger partial charge on any atom is -0.486 e. The first kappa shape index (κ1) is 11.9. The van der Waals surface area contributed by atoms with Gasteiger partial charge >= 0.3 is 0 Å². The van der Waals surface area contributed by atoms with Crippen molar-refractivity contribution < 1.29 is 14.3 Å². The predicted octanol–water partition coefficient (Wildman–Crippen LogP) is 1.73. The summed E-state index contributed by atoms with van der Waals surface area (Å²) >= 11 is 0. The summed E-state index contributed by atoms with van der Waals surface area (Å²) in [5.74, 6) is 1.15. The molecule has 1 aliphatic rings. The first-order valence-corrected chi connectivity index (χ1v) is 6.54. The monoisotopic (exact) mass is 281 g/mol. The van der Waals surface area contributed by atoms with Crippen molar-refractivity contribution in [2.24, 2.45) is 0 Å². The van der Waals surface area contributed by atoms with Crippen LogP contribution in [0.1, 0.15) is 15.9 Å². The number of nitrogens with zero attached hydrogens (tertiary/aromatic N) is 3. The lowest BCUT2D eigenvalue weighted by Gasteiger charge is -2.18. The molecule has 0 aliphatic carbocycles. The fourth-order valence-corrected chi connectivity index (χ4v) is 2.35. The van der Waals surface area contributed by atoms with Gasteiger partial charge in [0.05, 0.1) is 23.5 Å². The third-order valence-corrected chi connectivity index (χ3v) is 3.37. The molecule has 3 aromatic rings. The van der Waals surface area contributed by atoms with Gasteiger partial charge in [-0.05, 0) is 18.2 Å². The molecule has 0 amide bonds. The van der Waals surface area contributed by atoms with Crippen LogP contribution in [0.2, 0.25) is 0 Å². The van der Waals surface area contributed by atoms with E-state index >= 15 is 0 Å². The molecule has 0 saturated carbocycles. The van der Waals surface area contributed by atoms with Gasteiger partial charge in [0.2, 0.25) is 0 Å². The zero-order valence-corrected chi connectivity index (χ0v) is 11.0. The third-order valence-electron chi connectivity index (χ3n) is 3.37. The van der Waals surface area contributed by atoms with E-state index in [2.05, 4.69) is 10.1 Å². The summed E-state index contributed by atoms with van der Waals surface area (Å²) in [4.78, 5) is 16.7. The normalized spacial score (nSPS) is 13.3. The zero-order chi connectivity index (χ0) is 14.2. The van der Waals surface area contributed by atoms with Gasteiger partial charge < -0.3 is 9.47 Å². The van der Waals surface area contributed by atoms with Crippen LogP contribution in [-0.2, 0) is 0 Å². The van der Waals surface area contributed by atoms with Crippen molar-refractivity contribution in [1.82, 2.24) is 14.6 Å². The molecule has 0 radical (unpaired) electrons. The molecule has 0 atom stereocenters. The Morgan fingerprint density at radius 1 is 1.14 bits per heavy atom. The molecule has 2 aromatic heterocycles. The van der Waals surface area contributed by atoms with E-state index in [1.165, 1.54) is 0 Å². The zero-order valence-electron chi connectivity index (χ0n) is 11.0. The molecule has 0 fully saturated rings. The first-order valence-electron chi connectivity index (χ1n) is 6.54. The fraction of sp³-hybridized carbons (Fsp3) is 0.133. The predicted molar refractivity (Wildman–Crippen MR) is 73.9 cm³/mol. The van der Waals surface area contributed by atoms with Crippen molar-refractivity contribution in [3.05, 3.63) is 54.1 Å². The average molecular weight is 281 g/mol. The summed E-state index contributed by atoms with van der Waals surface area (Å²) in [5.41, 5.74) is 1.73. The second-order valence-electron chi connectivity index (χ2n) is 4.65. The lowest BCUT2D eigenvalue weighted by Crippen LogP contribution is -2.15. The van der Waals surface area contributed by atoms with Gasteiger partial charge in [-0.15, -0.1) is 0 Å². The SMILES string of the molecule is O=C(c1ccc2c(c1)OCCO2)c1cnn2ccncc12. The Morgan fingerprint density at radius 2 is 2.00 bits per heavy atom. The fourth-order valence-electron chi connectivity index (χ4n) is 2.35. The Bertz CT molecular complexity index is 841. The number of carbonyl (C=O) groups is 1. The number of carbonyl (C=O) groups excluding carboxylic acids is 1. The van der Waals surface area contributed by atoms with E-state index in [0.29, 0.717) is 41.4 Å². The van der Waals surface area contributed by atoms with E-state index in [-0.39, 0.29) is 5.78 Å². The molecular weight excluding hydrogens is 270 g/mol. The van der Waals surface area contributed by atoms with E-state index < -0.39 is 0 Å². The lowest BCUT2D eigenvalue weighted by molar-refractivity contribution is 0.103. The van der Waals surface area contributed by atoms with E-state index in [1.54, 1.807) is 47.5 Å². The number of hydrogen-bond acceptors (Lipinski definition) is 5. The maximum absolute atomic E-state index is 12.6. The number of aromatic nitrogens is 3. The van der Waals surface area contributed by atoms with Crippen molar-refractivity contribution in [2.45, 2.75) is 0 Å². The second-order valence-corrected chi connectivity index (χ2v) is 4.65. The molecule has 104 valence electrons. The minimum absolute atomic E-state index is 0.116. The molecule has 0 bridgehead atoms. The van der Waals surface area contributed by atoms with Crippen LogP contribution in [-0.4, -0.2) is 33.6 Å². The van der Waals surface area contributed by atoms with E-state index in [0.717, 1.165) is 0 Å². The second kappa shape index (κ2) is 4.59. The van der Waals surface area contributed by atoms with Crippen LogP contribution in [0.5, 0.6) is 11.5 Å². The maximum atomic E-state index is 12.6. The van der Waals surface area contributed by atoms with Crippen LogP contribution in [0, 0.1) is 0 Å². The molecule has 3 heterocycles. The Morgan fingerprint density at radius 3 is 2.90 bits per heavy atom. The summed E-state index contributed by atoms with van der Waals surface area (Å²) in [7, 11) is 0. The number of rotatable bonds is 2. The van der Waals surface area contributed by atoms with Crippen molar-refractivity contribution in [1.29, 1.82) is 0 Å². The molecular formula is C15H11N3O3. The van der Waals surface area contributed by atoms with Crippen LogP contribution in [0.3, 0.4) is 0 Å². The maximum Gasteiger partial charge on any atom is 0.197 e. The van der Waals surface area contributed by atoms with Gasteiger partial charge in [-0.2, -0.15) is 5.10 Å². The van der Waals surface area contributed by atoms with Crippen molar-refractivity contribution in [2.75, 3.05) is 13.2 Å². The third kappa shape index (κ3) is 1.92. The van der Waals surface area contributed by atoms with Crippen LogP contribution < -0.4 is 9.47 Å². The van der Waals surface area contributed by atoms with E-state index in [1.807, 2.05) is 0 Å². The Kier molecular flexibility index (Phi) is 2.60. The summed E-state index contributed by atoms with van der Waals surface area (Å²) in [5, 5.41) is 4.15. The standard InChI is InChI=1S/C15H11N3O3/c19-15(11-8-17-18-4-3-16-9-12(11)18)10-1-2-13-14(7-10)21-6-5-20-13/h1-4,7-9H,5-6H2. The largest absolute Gasteiger partial charge is 0.486 e. The molecule has 6 nitrogen and oxygen atoms in total. The highest BCUT2D eigenvalue weighted by atomic mass is 16.6. The van der Waals surface area contributed by atoms with Crippen LogP contribution in [0.4, 0.5) is 0 Å². The quantitative estimate of drug-likeness (QED) is 0.669. The molecule has 0 N–H and O–H groups in total. The molecule has 0 saturated heterocycles. The molecule has 21 heavy (non-hydrogen) atoms. The van der Waals surface area contributed by atoms with Crippen molar-refractivity contribution >= 4 is 11.3 Å². The Balaban J connectivity index is 1.77. The molecule has 1 aromatic carbocycles. The van der Waals surface area contributed by atoms with Gasteiger partial charge in [-0.25, -0.2) is 4.52 Å². The Labute approximate surface area is 119 Å². The van der Waals surface area contributed by atoms with Crippen LogP contribution in [0.15, 0.2) is 43.0 Å². The topological polar surface area (TPSA) is 65.7 Å². The van der Waals surface area contributed by atoms with Gasteiger partial charge in [0.15, 0.2) is 17.3 Å². The molecule has 1 aliphatic heterocycles. The number of ether oxygens (including phenoxy) is 2. The lowest BCUT2D eigenvalue weighted by atomic mass is 10.0. The minimum atomic E-state index is -0.116. The summed E-state index contributed by atoms with van der Waals surface area (Å²) in [6.45, 7) is 1.02. The molecule has 4 rings (SSSR count). The number of fused-ring (bicyclic) bond motifs is 2. The Hall–Kier alpha value is -2.89. The van der Waals surface area contributed by atoms with Gasteiger partial charge in [-0.1, -0.05) is 0 Å². The van der Waals surface area contributed by atoms with Gasteiger partial charge in [0.25, 0.3) is 0 Å². The number of hydrogen-bond donors (Lipinski definition) is 0. The summed E-state index contributed by atoms with van der Waals surface area (Å²) in [6.07, 6.45) is 6.50. The number of ketones is 1. The highest BCUT2D eigenvalue weighted by Gasteiger charge is 2.18. The smallest absolute Gasteiger partial charge is 0.197 e. The first-order chi connectivity index (χ1) is 10.3. The van der Waals surface area contributed by atoms with Gasteiger partial charge in [-0.3, -0.25) is 9.78 Å². The van der Waals surface area contributed by atoms with E-state index in [4.69, 9.17) is 9.47 Å². The average Bonchev–Trinajstić information content (AvgIpc) is 2.98.